The third-order valence-corrected chi connectivity index (χ3v) is 3.21. The summed E-state index contributed by atoms with van der Waals surface area (Å²) in [6, 6.07) is 2.03. The molecule has 0 radical (unpaired) electrons. The van der Waals surface area contributed by atoms with Crippen molar-refractivity contribution >= 4 is 15.0 Å². The quantitative estimate of drug-likeness (QED) is 0.485. The molecule has 2 N–H and O–H groups in total. The van der Waals surface area contributed by atoms with Crippen molar-refractivity contribution in [3.05, 3.63) is 0 Å². The molecule has 0 saturated heterocycles. The fourth-order valence-electron chi connectivity index (χ4n) is 0.390. The molecule has 0 amide bonds. The van der Waals surface area contributed by atoms with E-state index in [1.165, 1.54) is 0 Å². The van der Waals surface area contributed by atoms with Gasteiger partial charge in [-0.1, -0.05) is 0 Å². The van der Waals surface area contributed by atoms with Gasteiger partial charge in [-0.25, -0.2) is 0 Å². The molecule has 10 heavy (non-hydrogen) atoms. The summed E-state index contributed by atoms with van der Waals surface area (Å²) in [7, 11) is 0. The summed E-state index contributed by atoms with van der Waals surface area (Å²) in [6.45, 7) is -0.158. The Kier molecular flexibility index (Phi) is 6.99. The minimum atomic E-state index is -0.571. The fourth-order valence-corrected chi connectivity index (χ4v) is 2.03. The summed E-state index contributed by atoms with van der Waals surface area (Å²) in [5.74, 6) is 0. The number of hydrogen-bond acceptors (Lipinski definition) is 3. The van der Waals surface area contributed by atoms with Gasteiger partial charge in [0.1, 0.15) is 0 Å². The molecule has 3 nitrogen and oxygen atoms in total. The van der Waals surface area contributed by atoms with Crippen LogP contribution < -0.4 is 0 Å². The summed E-state index contributed by atoms with van der Waals surface area (Å²) in [6.07, 6.45) is -0.00305. The second-order valence-corrected chi connectivity index (χ2v) is 4.23. The van der Waals surface area contributed by atoms with Gasteiger partial charge in [0, 0.05) is 0 Å². The van der Waals surface area contributed by atoms with Crippen molar-refractivity contribution in [1.29, 1.82) is 5.26 Å². The Hall–Kier alpha value is -0.0705. The van der Waals surface area contributed by atoms with Crippen molar-refractivity contribution in [2.75, 3.05) is 6.61 Å². The van der Waals surface area contributed by atoms with Gasteiger partial charge in [-0.05, 0) is 0 Å². The van der Waals surface area contributed by atoms with Crippen molar-refractivity contribution in [1.82, 2.24) is 0 Å². The molecular weight excluding hydrogens is 197 g/mol. The Morgan fingerprint density at radius 3 is 2.80 bits per heavy atom. The van der Waals surface area contributed by atoms with Gasteiger partial charge >= 0.3 is 66.3 Å². The zero-order chi connectivity index (χ0) is 7.82. The monoisotopic (exact) mass is 209 g/mol. The molecule has 58 valence electrons. The third kappa shape index (κ3) is 6.06. The number of nitriles is 1. The standard InChI is InChI=1S/C6H11NO2Se/c7-2-1-3-10-5-6(9)4-8/h6,8-9H,1,3-5H2/t6-/m1/s1. The second-order valence-electron chi connectivity index (χ2n) is 1.82. The van der Waals surface area contributed by atoms with Gasteiger partial charge in [-0.15, -0.1) is 0 Å². The van der Waals surface area contributed by atoms with Gasteiger partial charge < -0.3 is 0 Å². The molecule has 1 atom stereocenters. The first-order valence-corrected chi connectivity index (χ1v) is 5.47. The molecule has 0 heterocycles. The number of aliphatic hydroxyl groups excluding tert-OH is 2. The van der Waals surface area contributed by atoms with E-state index in [0.717, 1.165) is 5.32 Å². The molecular formula is C6H11NO2Se. The Labute approximate surface area is 66.8 Å². The van der Waals surface area contributed by atoms with Crippen LogP contribution in [-0.2, 0) is 0 Å². The van der Waals surface area contributed by atoms with Crippen LogP contribution in [0, 0.1) is 11.3 Å². The van der Waals surface area contributed by atoms with Crippen LogP contribution in [0.15, 0.2) is 0 Å². The molecule has 0 saturated carbocycles. The molecule has 4 heteroatoms. The molecule has 0 aromatic carbocycles. The van der Waals surface area contributed by atoms with Crippen LogP contribution in [0.4, 0.5) is 0 Å². The van der Waals surface area contributed by atoms with Gasteiger partial charge in [-0.3, -0.25) is 0 Å². The Morgan fingerprint density at radius 1 is 1.60 bits per heavy atom. The van der Waals surface area contributed by atoms with E-state index in [-0.39, 0.29) is 6.61 Å². The van der Waals surface area contributed by atoms with E-state index in [1.807, 2.05) is 6.07 Å². The van der Waals surface area contributed by atoms with Crippen molar-refractivity contribution in [2.45, 2.75) is 23.2 Å². The van der Waals surface area contributed by atoms with Crippen molar-refractivity contribution in [3.63, 3.8) is 0 Å². The maximum atomic E-state index is 8.84. The van der Waals surface area contributed by atoms with E-state index in [4.69, 9.17) is 15.5 Å². The predicted molar refractivity (Wildman–Crippen MR) is 38.7 cm³/mol. The topological polar surface area (TPSA) is 64.2 Å². The Balaban J connectivity index is 2.98. The first kappa shape index (κ1) is 9.93. The first-order chi connectivity index (χ1) is 4.81. The van der Waals surface area contributed by atoms with Crippen LogP contribution in [0.25, 0.3) is 0 Å². The fraction of sp³-hybridized carbons (Fsp3) is 0.833. The predicted octanol–water partition coefficient (Wildman–Crippen LogP) is -0.206. The average Bonchev–Trinajstić information content (AvgIpc) is 1.98. The Morgan fingerprint density at radius 2 is 2.30 bits per heavy atom. The maximum absolute atomic E-state index is 8.84. The van der Waals surface area contributed by atoms with E-state index >= 15 is 0 Å². The zero-order valence-electron chi connectivity index (χ0n) is 5.66. The zero-order valence-corrected chi connectivity index (χ0v) is 7.37. The molecule has 0 unspecified atom stereocenters. The molecule has 0 aliphatic heterocycles. The molecule has 0 aromatic rings. The van der Waals surface area contributed by atoms with Crippen LogP contribution in [0.3, 0.4) is 0 Å². The second kappa shape index (κ2) is 7.04. The summed E-state index contributed by atoms with van der Waals surface area (Å²) < 4.78 is 0. The first-order valence-electron chi connectivity index (χ1n) is 3.05. The molecule has 0 aromatic heterocycles. The number of nitrogens with zero attached hydrogens (tertiary/aromatic N) is 1. The van der Waals surface area contributed by atoms with Crippen LogP contribution >= 0.6 is 0 Å². The Bertz CT molecular complexity index is 113. The van der Waals surface area contributed by atoms with Gasteiger partial charge in [-0.2, -0.15) is 0 Å². The summed E-state index contributed by atoms with van der Waals surface area (Å²) >= 11 is 0.317. The van der Waals surface area contributed by atoms with Gasteiger partial charge in [0.05, 0.1) is 0 Å². The molecule has 0 aliphatic rings. The number of rotatable bonds is 5. The third-order valence-electron chi connectivity index (χ3n) is 0.879. The van der Waals surface area contributed by atoms with Crippen molar-refractivity contribution in [2.24, 2.45) is 0 Å². The van der Waals surface area contributed by atoms with E-state index < -0.39 is 6.10 Å². The summed E-state index contributed by atoms with van der Waals surface area (Å²) in [5, 5.41) is 26.9. The van der Waals surface area contributed by atoms with Gasteiger partial charge in [0.15, 0.2) is 0 Å². The van der Waals surface area contributed by atoms with E-state index in [2.05, 4.69) is 0 Å². The van der Waals surface area contributed by atoms with Crippen LogP contribution in [0.2, 0.25) is 10.6 Å². The van der Waals surface area contributed by atoms with Gasteiger partial charge in [0.2, 0.25) is 0 Å². The van der Waals surface area contributed by atoms with Crippen LogP contribution in [0.1, 0.15) is 6.42 Å². The number of hydrogen-bond donors (Lipinski definition) is 2. The van der Waals surface area contributed by atoms with E-state index in [1.54, 1.807) is 0 Å². The molecule has 0 aliphatic carbocycles. The van der Waals surface area contributed by atoms with Crippen LogP contribution in [-0.4, -0.2) is 37.9 Å². The molecule has 0 rings (SSSR count). The molecule has 0 bridgehead atoms. The summed E-state index contributed by atoms with van der Waals surface area (Å²) in [4.78, 5) is 0. The van der Waals surface area contributed by atoms with E-state index in [9.17, 15) is 0 Å². The number of aliphatic hydroxyl groups is 2. The molecule has 0 fully saturated rings. The SMILES string of the molecule is N#CCC[Se]C[C@H](O)CO. The van der Waals surface area contributed by atoms with Crippen molar-refractivity contribution < 1.29 is 10.2 Å². The normalized spacial score (nSPS) is 12.5. The van der Waals surface area contributed by atoms with Crippen LogP contribution in [0.5, 0.6) is 0 Å². The molecule has 0 spiro atoms. The van der Waals surface area contributed by atoms with Gasteiger partial charge in [0.25, 0.3) is 0 Å². The van der Waals surface area contributed by atoms with E-state index in [0.29, 0.717) is 26.7 Å². The van der Waals surface area contributed by atoms with Crippen molar-refractivity contribution in [3.8, 4) is 6.07 Å². The summed E-state index contributed by atoms with van der Waals surface area (Å²) in [5.41, 5.74) is 0. The average molecular weight is 208 g/mol. The minimum absolute atomic E-state index is 0.158.